The Balaban J connectivity index is 4.38. The summed E-state index contributed by atoms with van der Waals surface area (Å²) < 4.78 is 0. The molecule has 1 heteroatoms. The van der Waals surface area contributed by atoms with Crippen molar-refractivity contribution in [1.29, 1.82) is 0 Å². The topological polar surface area (TPSA) is 26.0 Å². The molecule has 0 aromatic rings. The summed E-state index contributed by atoms with van der Waals surface area (Å²) in [6, 6.07) is 0. The molecule has 0 unspecified atom stereocenters. The Morgan fingerprint density at radius 2 is 1.44 bits per heavy atom. The van der Waals surface area contributed by atoms with Crippen LogP contribution in [-0.2, 0) is 0 Å². The summed E-state index contributed by atoms with van der Waals surface area (Å²) in [5.41, 5.74) is 7.32. The average molecular weight is 125 g/mol. The van der Waals surface area contributed by atoms with Gasteiger partial charge in [0.15, 0.2) is 0 Å². The van der Waals surface area contributed by atoms with Gasteiger partial charge in [0.05, 0.1) is 5.54 Å². The minimum Gasteiger partial charge on any atom is -0.319 e. The molecule has 0 rings (SSSR count). The third-order valence-corrected chi connectivity index (χ3v) is 1.77. The van der Waals surface area contributed by atoms with Gasteiger partial charge in [-0.3, -0.25) is 0 Å². The minimum atomic E-state index is -0.389. The first-order chi connectivity index (χ1) is 3.89. The lowest BCUT2D eigenvalue weighted by molar-refractivity contribution is 0.647. The van der Waals surface area contributed by atoms with E-state index in [1.54, 1.807) is 0 Å². The van der Waals surface area contributed by atoms with E-state index in [9.17, 15) is 0 Å². The van der Waals surface area contributed by atoms with Crippen LogP contribution in [0.5, 0.6) is 0 Å². The van der Waals surface area contributed by atoms with Crippen molar-refractivity contribution < 1.29 is 0 Å². The molecule has 0 saturated carbocycles. The van der Waals surface area contributed by atoms with E-state index in [1.165, 1.54) is 0 Å². The summed E-state index contributed by atoms with van der Waals surface area (Å²) in [7, 11) is 0. The summed E-state index contributed by atoms with van der Waals surface area (Å²) >= 11 is 0. The second-order valence-electron chi connectivity index (χ2n) is 2.76. The molecular formula is C8H15N. The van der Waals surface area contributed by atoms with E-state index in [2.05, 4.69) is 13.2 Å². The summed E-state index contributed by atoms with van der Waals surface area (Å²) in [5.74, 6) is 0. The number of rotatable bonds is 2. The molecule has 0 spiro atoms. The van der Waals surface area contributed by atoms with Crippen LogP contribution in [0.4, 0.5) is 0 Å². The van der Waals surface area contributed by atoms with E-state index in [0.717, 1.165) is 11.1 Å². The molecule has 0 amide bonds. The fourth-order valence-corrected chi connectivity index (χ4v) is 0.364. The van der Waals surface area contributed by atoms with Gasteiger partial charge in [0, 0.05) is 0 Å². The minimum absolute atomic E-state index is 0.389. The number of nitrogens with two attached hydrogens (primary N) is 1. The highest BCUT2D eigenvalue weighted by Crippen LogP contribution is 2.18. The molecule has 0 saturated heterocycles. The molecule has 0 heterocycles. The Hall–Kier alpha value is -0.560. The van der Waals surface area contributed by atoms with Gasteiger partial charge in [-0.25, -0.2) is 0 Å². The average Bonchev–Trinajstić information content (AvgIpc) is 1.65. The zero-order valence-electron chi connectivity index (χ0n) is 6.49. The van der Waals surface area contributed by atoms with Crippen molar-refractivity contribution in [2.75, 3.05) is 0 Å². The van der Waals surface area contributed by atoms with E-state index in [1.807, 2.05) is 20.8 Å². The van der Waals surface area contributed by atoms with Crippen molar-refractivity contribution in [2.45, 2.75) is 26.3 Å². The molecule has 52 valence electrons. The summed E-state index contributed by atoms with van der Waals surface area (Å²) in [5, 5.41) is 0. The van der Waals surface area contributed by atoms with Gasteiger partial charge in [-0.15, -0.1) is 0 Å². The normalized spacial score (nSPS) is 11.1. The van der Waals surface area contributed by atoms with Crippen molar-refractivity contribution >= 4 is 0 Å². The predicted molar refractivity (Wildman–Crippen MR) is 42.2 cm³/mol. The van der Waals surface area contributed by atoms with Crippen LogP contribution in [0.25, 0.3) is 0 Å². The molecule has 0 aliphatic rings. The third kappa shape index (κ3) is 1.68. The first kappa shape index (κ1) is 8.44. The summed E-state index contributed by atoms with van der Waals surface area (Å²) in [6.45, 7) is 13.3. The maximum absolute atomic E-state index is 5.80. The van der Waals surface area contributed by atoms with Crippen LogP contribution in [0.2, 0.25) is 0 Å². The van der Waals surface area contributed by atoms with Crippen LogP contribution in [-0.4, -0.2) is 5.54 Å². The highest BCUT2D eigenvalue weighted by molar-refractivity contribution is 5.26. The Bertz CT molecular complexity index is 127. The molecule has 0 aliphatic heterocycles. The molecule has 0 radical (unpaired) electrons. The summed E-state index contributed by atoms with van der Waals surface area (Å²) in [6.07, 6.45) is 0. The lowest BCUT2D eigenvalue weighted by Crippen LogP contribution is -2.37. The zero-order chi connectivity index (χ0) is 7.65. The van der Waals surface area contributed by atoms with Crippen molar-refractivity contribution in [3.63, 3.8) is 0 Å². The molecular weight excluding hydrogens is 110 g/mol. The molecule has 0 fully saturated rings. The van der Waals surface area contributed by atoms with Gasteiger partial charge in [0.25, 0.3) is 0 Å². The molecule has 2 N–H and O–H groups in total. The second kappa shape index (κ2) is 2.36. The first-order valence-corrected chi connectivity index (χ1v) is 3.00. The first-order valence-electron chi connectivity index (χ1n) is 3.00. The monoisotopic (exact) mass is 125 g/mol. The Morgan fingerprint density at radius 1 is 1.22 bits per heavy atom. The highest BCUT2D eigenvalue weighted by Gasteiger charge is 2.18. The van der Waals surface area contributed by atoms with Crippen LogP contribution in [0.3, 0.4) is 0 Å². The second-order valence-corrected chi connectivity index (χ2v) is 2.76. The van der Waals surface area contributed by atoms with Gasteiger partial charge in [0.2, 0.25) is 0 Å². The maximum Gasteiger partial charge on any atom is 0.0545 e. The van der Waals surface area contributed by atoms with Crippen LogP contribution >= 0.6 is 0 Å². The third-order valence-electron chi connectivity index (χ3n) is 1.77. The van der Waals surface area contributed by atoms with Crippen molar-refractivity contribution in [3.8, 4) is 0 Å². The van der Waals surface area contributed by atoms with Crippen molar-refractivity contribution in [2.24, 2.45) is 5.73 Å². The fourth-order valence-electron chi connectivity index (χ4n) is 0.364. The maximum atomic E-state index is 5.80. The predicted octanol–water partition coefficient (Wildman–Crippen LogP) is 1.86. The molecule has 0 aromatic heterocycles. The standard InChI is InChI=1S/C8H15N/c1-6(2)8(5,9)7(3)4/h1,3,9H2,2,4-5H3. The van der Waals surface area contributed by atoms with E-state index in [0.29, 0.717) is 0 Å². The van der Waals surface area contributed by atoms with Crippen LogP contribution in [0.1, 0.15) is 20.8 Å². The lowest BCUT2D eigenvalue weighted by Gasteiger charge is -2.25. The zero-order valence-corrected chi connectivity index (χ0v) is 6.49. The van der Waals surface area contributed by atoms with Gasteiger partial charge in [-0.1, -0.05) is 24.3 Å². The van der Waals surface area contributed by atoms with Gasteiger partial charge >= 0.3 is 0 Å². The quantitative estimate of drug-likeness (QED) is 0.560. The SMILES string of the molecule is C=C(C)C(C)(N)C(=C)C. The Labute approximate surface area is 57.3 Å². The van der Waals surface area contributed by atoms with E-state index in [-0.39, 0.29) is 5.54 Å². The van der Waals surface area contributed by atoms with Crippen LogP contribution in [0.15, 0.2) is 24.3 Å². The summed E-state index contributed by atoms with van der Waals surface area (Å²) in [4.78, 5) is 0. The molecule has 0 aliphatic carbocycles. The highest BCUT2D eigenvalue weighted by atomic mass is 14.7. The van der Waals surface area contributed by atoms with Crippen LogP contribution in [0, 0.1) is 0 Å². The smallest absolute Gasteiger partial charge is 0.0545 e. The van der Waals surface area contributed by atoms with Gasteiger partial charge in [-0.05, 0) is 20.8 Å². The number of hydrogen-bond donors (Lipinski definition) is 1. The van der Waals surface area contributed by atoms with Gasteiger partial charge in [0.1, 0.15) is 0 Å². The van der Waals surface area contributed by atoms with E-state index < -0.39 is 0 Å². The largest absolute Gasteiger partial charge is 0.319 e. The van der Waals surface area contributed by atoms with Crippen molar-refractivity contribution in [1.82, 2.24) is 0 Å². The van der Waals surface area contributed by atoms with E-state index in [4.69, 9.17) is 5.73 Å². The lowest BCUT2D eigenvalue weighted by atomic mass is 9.89. The Morgan fingerprint density at radius 3 is 1.44 bits per heavy atom. The molecule has 0 atom stereocenters. The van der Waals surface area contributed by atoms with E-state index >= 15 is 0 Å². The molecule has 0 aromatic carbocycles. The van der Waals surface area contributed by atoms with Crippen LogP contribution < -0.4 is 5.73 Å². The fraction of sp³-hybridized carbons (Fsp3) is 0.500. The Kier molecular flexibility index (Phi) is 2.21. The molecule has 1 nitrogen and oxygen atoms in total. The van der Waals surface area contributed by atoms with Gasteiger partial charge < -0.3 is 5.73 Å². The van der Waals surface area contributed by atoms with Gasteiger partial charge in [-0.2, -0.15) is 0 Å². The molecule has 0 bridgehead atoms. The molecule has 9 heavy (non-hydrogen) atoms. The van der Waals surface area contributed by atoms with Crippen molar-refractivity contribution in [3.05, 3.63) is 24.3 Å². The number of hydrogen-bond acceptors (Lipinski definition) is 1.